The number of amides is 1. The molecule has 3 heterocycles. The molecule has 0 bridgehead atoms. The van der Waals surface area contributed by atoms with Crippen LogP contribution in [0.3, 0.4) is 0 Å². The Bertz CT molecular complexity index is 1270. The highest BCUT2D eigenvalue weighted by Gasteiger charge is 2.26. The monoisotopic (exact) mass is 451 g/mol. The Morgan fingerprint density at radius 3 is 2.70 bits per heavy atom. The van der Waals surface area contributed by atoms with Crippen LogP contribution < -0.4 is 10.2 Å². The van der Waals surface area contributed by atoms with E-state index in [2.05, 4.69) is 10.3 Å². The summed E-state index contributed by atoms with van der Waals surface area (Å²) in [6, 6.07) is 20.8. The highest BCUT2D eigenvalue weighted by Crippen LogP contribution is 2.37. The lowest BCUT2D eigenvalue weighted by molar-refractivity contribution is 0.0985. The average molecular weight is 452 g/mol. The second kappa shape index (κ2) is 7.76. The van der Waals surface area contributed by atoms with Gasteiger partial charge in [0.2, 0.25) is 0 Å². The van der Waals surface area contributed by atoms with Crippen molar-refractivity contribution in [1.29, 1.82) is 0 Å². The molecule has 1 N–H and O–H groups in total. The molecular formula is C23H15Cl2N3OS. The smallest absolute Gasteiger partial charge is 0.260 e. The van der Waals surface area contributed by atoms with E-state index in [0.29, 0.717) is 21.5 Å². The zero-order valence-corrected chi connectivity index (χ0v) is 17.9. The lowest BCUT2D eigenvalue weighted by Crippen LogP contribution is -2.30. The quantitative estimate of drug-likeness (QED) is 0.356. The minimum absolute atomic E-state index is 0.165. The Morgan fingerprint density at radius 2 is 1.90 bits per heavy atom. The molecule has 30 heavy (non-hydrogen) atoms. The van der Waals surface area contributed by atoms with E-state index in [4.69, 9.17) is 23.2 Å². The Balaban J connectivity index is 1.55. The van der Waals surface area contributed by atoms with Crippen molar-refractivity contribution in [1.82, 2.24) is 4.98 Å². The topological polar surface area (TPSA) is 45.2 Å². The Labute approximate surface area is 187 Å². The van der Waals surface area contributed by atoms with Crippen molar-refractivity contribution in [2.75, 3.05) is 10.2 Å². The minimum atomic E-state index is -0.165. The molecule has 7 heteroatoms. The van der Waals surface area contributed by atoms with Crippen molar-refractivity contribution in [2.45, 2.75) is 6.54 Å². The van der Waals surface area contributed by atoms with Crippen LogP contribution in [0.4, 0.5) is 17.2 Å². The van der Waals surface area contributed by atoms with Gasteiger partial charge in [-0.1, -0.05) is 47.5 Å². The number of hydrogen-bond donors (Lipinski definition) is 1. The second-order valence-corrected chi connectivity index (χ2v) is 8.97. The molecule has 2 aromatic carbocycles. The van der Waals surface area contributed by atoms with Crippen LogP contribution in [0.5, 0.6) is 0 Å². The van der Waals surface area contributed by atoms with E-state index in [1.807, 2.05) is 60.7 Å². The third kappa shape index (κ3) is 3.45. The summed E-state index contributed by atoms with van der Waals surface area (Å²) in [6.07, 6.45) is 1.73. The summed E-state index contributed by atoms with van der Waals surface area (Å²) in [6.45, 7) is 0.393. The largest absolute Gasteiger partial charge is 0.338 e. The molecule has 0 atom stereocenters. The summed E-state index contributed by atoms with van der Waals surface area (Å²) in [7, 11) is 0. The van der Waals surface area contributed by atoms with Gasteiger partial charge in [-0.3, -0.25) is 4.79 Å². The molecule has 0 saturated carbocycles. The molecule has 4 aromatic rings. The molecule has 0 spiro atoms. The van der Waals surface area contributed by atoms with Gasteiger partial charge in [0.05, 0.1) is 32.8 Å². The molecule has 1 aliphatic rings. The lowest BCUT2D eigenvalue weighted by Gasteiger charge is -2.23. The number of pyridine rings is 1. The standard InChI is InChI=1S/C23H15Cl2N3OS/c24-17-12-14(20-9-10-21(25)30-20)7-8-16(17)23(29)28-13-15-4-3-11-26-22(15)27-18-5-1-2-6-19(18)28/h1-12H,13H2,(H,26,27). The molecular weight excluding hydrogens is 437 g/mol. The number of hydrogen-bond acceptors (Lipinski definition) is 4. The number of fused-ring (bicyclic) bond motifs is 2. The summed E-state index contributed by atoms with van der Waals surface area (Å²) < 4.78 is 0.710. The van der Waals surface area contributed by atoms with Crippen molar-refractivity contribution >= 4 is 57.6 Å². The maximum Gasteiger partial charge on any atom is 0.260 e. The van der Waals surface area contributed by atoms with Gasteiger partial charge in [0.1, 0.15) is 5.82 Å². The summed E-state index contributed by atoms with van der Waals surface area (Å²) in [5, 5.41) is 3.74. The summed E-state index contributed by atoms with van der Waals surface area (Å²) >= 11 is 14.1. The number of para-hydroxylation sites is 2. The van der Waals surface area contributed by atoms with Crippen molar-refractivity contribution < 1.29 is 4.79 Å². The van der Waals surface area contributed by atoms with Gasteiger partial charge in [-0.15, -0.1) is 11.3 Å². The van der Waals surface area contributed by atoms with Crippen molar-refractivity contribution in [3.05, 3.63) is 93.4 Å². The molecule has 2 aromatic heterocycles. The van der Waals surface area contributed by atoms with Crippen molar-refractivity contribution in [3.63, 3.8) is 0 Å². The summed E-state index contributed by atoms with van der Waals surface area (Å²) in [4.78, 5) is 20.7. The second-order valence-electron chi connectivity index (χ2n) is 6.84. The number of carbonyl (C=O) groups is 1. The summed E-state index contributed by atoms with van der Waals surface area (Å²) in [5.74, 6) is 0.581. The van der Waals surface area contributed by atoms with Crippen molar-refractivity contribution in [2.24, 2.45) is 0 Å². The lowest BCUT2D eigenvalue weighted by atomic mass is 10.1. The van der Waals surface area contributed by atoms with Crippen LogP contribution >= 0.6 is 34.5 Å². The van der Waals surface area contributed by atoms with Crippen LogP contribution in [0.25, 0.3) is 10.4 Å². The average Bonchev–Trinajstić information content (AvgIpc) is 3.11. The van der Waals surface area contributed by atoms with Crippen LogP contribution in [-0.2, 0) is 6.54 Å². The number of rotatable bonds is 2. The van der Waals surface area contributed by atoms with Crippen LogP contribution in [0.1, 0.15) is 15.9 Å². The first-order chi connectivity index (χ1) is 14.6. The van der Waals surface area contributed by atoms with Crippen molar-refractivity contribution in [3.8, 4) is 10.4 Å². The molecule has 1 aliphatic heterocycles. The maximum atomic E-state index is 13.6. The Hall–Kier alpha value is -2.86. The first-order valence-electron chi connectivity index (χ1n) is 9.27. The fourth-order valence-electron chi connectivity index (χ4n) is 3.51. The zero-order valence-electron chi connectivity index (χ0n) is 15.6. The van der Waals surface area contributed by atoms with Gasteiger partial charge < -0.3 is 10.2 Å². The molecule has 1 amide bonds. The van der Waals surface area contributed by atoms with E-state index in [-0.39, 0.29) is 5.91 Å². The van der Waals surface area contributed by atoms with E-state index >= 15 is 0 Å². The summed E-state index contributed by atoms with van der Waals surface area (Å²) in [5.41, 5.74) is 3.92. The number of thiophene rings is 1. The number of nitrogens with one attached hydrogen (secondary N) is 1. The molecule has 0 aliphatic carbocycles. The first kappa shape index (κ1) is 19.1. The number of benzene rings is 2. The highest BCUT2D eigenvalue weighted by atomic mass is 35.5. The first-order valence-corrected chi connectivity index (χ1v) is 10.8. The van der Waals surface area contributed by atoms with Crippen LogP contribution in [0.15, 0.2) is 72.9 Å². The zero-order chi connectivity index (χ0) is 20.7. The number of carbonyl (C=O) groups excluding carboxylic acids is 1. The molecule has 0 fully saturated rings. The number of nitrogens with zero attached hydrogens (tertiary/aromatic N) is 2. The van der Waals surface area contributed by atoms with Crippen LogP contribution in [0.2, 0.25) is 9.36 Å². The number of aromatic nitrogens is 1. The predicted octanol–water partition coefficient (Wildman–Crippen LogP) is 7.02. The number of halogens is 2. The van der Waals surface area contributed by atoms with E-state index < -0.39 is 0 Å². The van der Waals surface area contributed by atoms with Gasteiger partial charge in [0.15, 0.2) is 0 Å². The van der Waals surface area contributed by atoms with Gasteiger partial charge in [0.25, 0.3) is 5.91 Å². The Morgan fingerprint density at radius 1 is 1.03 bits per heavy atom. The van der Waals surface area contributed by atoms with Crippen LogP contribution in [-0.4, -0.2) is 10.9 Å². The predicted molar refractivity (Wildman–Crippen MR) is 124 cm³/mol. The maximum absolute atomic E-state index is 13.6. The molecule has 4 nitrogen and oxygen atoms in total. The molecule has 148 valence electrons. The van der Waals surface area contributed by atoms with Gasteiger partial charge >= 0.3 is 0 Å². The van der Waals surface area contributed by atoms with E-state index in [9.17, 15) is 4.79 Å². The minimum Gasteiger partial charge on any atom is -0.338 e. The Kier molecular flexibility index (Phi) is 4.95. The fourth-order valence-corrected chi connectivity index (χ4v) is 4.82. The highest BCUT2D eigenvalue weighted by molar-refractivity contribution is 7.19. The van der Waals surface area contributed by atoms with Gasteiger partial charge in [-0.05, 0) is 48.0 Å². The van der Waals surface area contributed by atoms with E-state index in [0.717, 1.165) is 33.2 Å². The molecule has 0 unspecified atom stereocenters. The molecule has 0 saturated heterocycles. The fraction of sp³-hybridized carbons (Fsp3) is 0.0435. The SMILES string of the molecule is O=C(c1ccc(-c2ccc(Cl)s2)cc1Cl)N1Cc2cccnc2Nc2ccccc21. The van der Waals surface area contributed by atoms with Crippen LogP contribution in [0, 0.1) is 0 Å². The number of anilines is 3. The normalized spacial score (nSPS) is 12.5. The molecule has 0 radical (unpaired) electrons. The van der Waals surface area contributed by atoms with Gasteiger partial charge in [0, 0.05) is 16.6 Å². The third-order valence-corrected chi connectivity index (χ3v) is 6.56. The molecule has 5 rings (SSSR count). The van der Waals surface area contributed by atoms with Gasteiger partial charge in [-0.2, -0.15) is 0 Å². The van der Waals surface area contributed by atoms with E-state index in [1.54, 1.807) is 17.2 Å². The van der Waals surface area contributed by atoms with Gasteiger partial charge in [-0.25, -0.2) is 4.98 Å². The third-order valence-electron chi connectivity index (χ3n) is 4.97. The van der Waals surface area contributed by atoms with E-state index in [1.165, 1.54) is 11.3 Å².